The molecule has 0 unspecified atom stereocenters. The van der Waals surface area contributed by atoms with E-state index in [0.29, 0.717) is 17.8 Å². The van der Waals surface area contributed by atoms with Crippen LogP contribution in [0.2, 0.25) is 0 Å². The summed E-state index contributed by atoms with van der Waals surface area (Å²) in [5.41, 5.74) is 0.470. The second kappa shape index (κ2) is 8.73. The number of pyridine rings is 1. The van der Waals surface area contributed by atoms with Crippen molar-refractivity contribution in [3.8, 4) is 0 Å². The van der Waals surface area contributed by atoms with Crippen molar-refractivity contribution in [1.82, 2.24) is 4.98 Å². The zero-order valence-electron chi connectivity index (χ0n) is 18.6. The minimum absolute atomic E-state index is 0.0765. The van der Waals surface area contributed by atoms with Crippen molar-refractivity contribution < 1.29 is 14.3 Å². The number of benzene rings is 1. The third-order valence-electron chi connectivity index (χ3n) is 6.16. The van der Waals surface area contributed by atoms with Crippen LogP contribution in [0.4, 0.5) is 4.79 Å². The maximum atomic E-state index is 12.9. The molecule has 0 aliphatic heterocycles. The molecule has 1 aliphatic rings. The van der Waals surface area contributed by atoms with Gasteiger partial charge in [-0.05, 0) is 42.0 Å². The molecule has 0 bridgehead atoms. The maximum absolute atomic E-state index is 12.9. The second-order valence-electron chi connectivity index (χ2n) is 10.0. The Morgan fingerprint density at radius 1 is 1.14 bits per heavy atom. The van der Waals surface area contributed by atoms with E-state index in [1.807, 2.05) is 24.3 Å². The van der Waals surface area contributed by atoms with Gasteiger partial charge in [0.1, 0.15) is 6.10 Å². The number of aromatic nitrogens is 1. The van der Waals surface area contributed by atoms with Gasteiger partial charge in [0.25, 0.3) is 0 Å². The lowest BCUT2D eigenvalue weighted by Crippen LogP contribution is -2.37. The largest absolute Gasteiger partial charge is 0.509 e. The summed E-state index contributed by atoms with van der Waals surface area (Å²) < 4.78 is 11.9. The first-order valence-corrected chi connectivity index (χ1v) is 10.9. The fraction of sp³-hybridized carbons (Fsp3) is 0.600. The molecule has 1 aromatic heterocycles. The smallest absolute Gasteiger partial charge is 0.431 e. The topological polar surface area (TPSA) is 48.4 Å². The molecule has 29 heavy (non-hydrogen) atoms. The van der Waals surface area contributed by atoms with E-state index in [-0.39, 0.29) is 11.5 Å². The number of carbonyl (C=O) groups is 1. The Morgan fingerprint density at radius 3 is 2.55 bits per heavy atom. The van der Waals surface area contributed by atoms with Crippen molar-refractivity contribution in [3.05, 3.63) is 42.2 Å². The third-order valence-corrected chi connectivity index (χ3v) is 6.16. The van der Waals surface area contributed by atoms with E-state index >= 15 is 0 Å². The number of nitrogens with zero attached hydrogens (tertiary/aromatic N) is 1. The summed E-state index contributed by atoms with van der Waals surface area (Å²) in [4.78, 5) is 17.5. The minimum Gasteiger partial charge on any atom is -0.431 e. The van der Waals surface area contributed by atoms with Gasteiger partial charge in [-0.3, -0.25) is 4.98 Å². The van der Waals surface area contributed by atoms with Gasteiger partial charge in [0, 0.05) is 17.0 Å². The molecule has 3 rings (SSSR count). The summed E-state index contributed by atoms with van der Waals surface area (Å²) >= 11 is 0. The summed E-state index contributed by atoms with van der Waals surface area (Å²) in [6, 6.07) is 10.1. The van der Waals surface area contributed by atoms with Crippen LogP contribution in [0.3, 0.4) is 0 Å². The van der Waals surface area contributed by atoms with Gasteiger partial charge < -0.3 is 9.47 Å². The first-order valence-electron chi connectivity index (χ1n) is 10.9. The molecule has 158 valence electrons. The molecule has 1 saturated carbocycles. The quantitative estimate of drug-likeness (QED) is 0.524. The van der Waals surface area contributed by atoms with E-state index in [4.69, 9.17) is 9.47 Å². The molecule has 4 heteroatoms. The van der Waals surface area contributed by atoms with Crippen molar-refractivity contribution in [2.45, 2.75) is 73.0 Å². The van der Waals surface area contributed by atoms with Crippen LogP contribution in [0.15, 0.2) is 36.5 Å². The third kappa shape index (κ3) is 5.09. The van der Waals surface area contributed by atoms with Gasteiger partial charge in [0.2, 0.25) is 0 Å². The molecule has 1 fully saturated rings. The van der Waals surface area contributed by atoms with E-state index in [0.717, 1.165) is 29.3 Å². The number of hydrogen-bond acceptors (Lipinski definition) is 4. The van der Waals surface area contributed by atoms with E-state index in [1.165, 1.54) is 6.42 Å². The fourth-order valence-electron chi connectivity index (χ4n) is 4.49. The van der Waals surface area contributed by atoms with E-state index in [9.17, 15) is 4.79 Å². The Morgan fingerprint density at radius 2 is 1.86 bits per heavy atom. The van der Waals surface area contributed by atoms with Crippen LogP contribution >= 0.6 is 0 Å². The minimum atomic E-state index is -0.579. The van der Waals surface area contributed by atoms with Crippen molar-refractivity contribution in [3.63, 3.8) is 0 Å². The Balaban J connectivity index is 1.83. The van der Waals surface area contributed by atoms with Crippen LogP contribution in [0, 0.1) is 23.2 Å². The zero-order chi connectivity index (χ0) is 21.2. The predicted molar refractivity (Wildman–Crippen MR) is 117 cm³/mol. The van der Waals surface area contributed by atoms with Gasteiger partial charge in [-0.2, -0.15) is 0 Å². The SMILES string of the molecule is CC(C)[C@@H]1CC[C@@H](C)C[C@H]1OC(=O)O[C@H](c1nccc2ccccc12)C(C)(C)C. The molecular weight excluding hydrogens is 362 g/mol. The summed E-state index contributed by atoms with van der Waals surface area (Å²) in [6.45, 7) is 12.8. The van der Waals surface area contributed by atoms with E-state index in [2.05, 4.69) is 52.6 Å². The number of ether oxygens (including phenoxy) is 2. The van der Waals surface area contributed by atoms with Gasteiger partial charge >= 0.3 is 6.16 Å². The van der Waals surface area contributed by atoms with Gasteiger partial charge in [-0.25, -0.2) is 4.79 Å². The Labute approximate surface area is 175 Å². The van der Waals surface area contributed by atoms with Crippen molar-refractivity contribution in [2.75, 3.05) is 0 Å². The van der Waals surface area contributed by atoms with E-state index < -0.39 is 12.3 Å². The summed E-state index contributed by atoms with van der Waals surface area (Å²) in [5.74, 6) is 1.45. The number of hydrogen-bond donors (Lipinski definition) is 0. The first-order chi connectivity index (χ1) is 13.7. The lowest BCUT2D eigenvalue weighted by molar-refractivity contribution is -0.0651. The second-order valence-corrected chi connectivity index (χ2v) is 10.0. The van der Waals surface area contributed by atoms with Crippen LogP contribution in [0.5, 0.6) is 0 Å². The normalized spacial score (nSPS) is 23.8. The molecular formula is C25H35NO3. The van der Waals surface area contributed by atoms with Crippen LogP contribution in [-0.4, -0.2) is 17.2 Å². The highest BCUT2D eigenvalue weighted by Gasteiger charge is 2.37. The molecule has 1 aromatic carbocycles. The molecule has 2 aromatic rings. The molecule has 0 amide bonds. The zero-order valence-corrected chi connectivity index (χ0v) is 18.6. The summed E-state index contributed by atoms with van der Waals surface area (Å²) in [6.07, 6.45) is 3.84. The van der Waals surface area contributed by atoms with Crippen LogP contribution in [-0.2, 0) is 9.47 Å². The number of rotatable bonds is 4. The standard InChI is InChI=1S/C25H35NO3/c1-16(2)19-12-11-17(3)15-21(19)28-24(27)29-23(25(4,5)6)22-20-10-8-7-9-18(20)13-14-26-22/h7-10,13-14,16-17,19,21,23H,11-12,15H2,1-6H3/t17-,19+,21-,23-/m1/s1. The highest BCUT2D eigenvalue weighted by atomic mass is 16.7. The lowest BCUT2D eigenvalue weighted by atomic mass is 9.75. The summed E-state index contributed by atoms with van der Waals surface area (Å²) in [5, 5.41) is 2.10. The number of carbonyl (C=O) groups excluding carboxylic acids is 1. The van der Waals surface area contributed by atoms with Crippen LogP contribution in [0.1, 0.15) is 72.6 Å². The maximum Gasteiger partial charge on any atom is 0.509 e. The Hall–Kier alpha value is -2.10. The molecule has 1 aliphatic carbocycles. The van der Waals surface area contributed by atoms with Gasteiger partial charge in [0.05, 0.1) is 5.69 Å². The molecule has 1 heterocycles. The van der Waals surface area contributed by atoms with Crippen molar-refractivity contribution in [2.24, 2.45) is 23.2 Å². The van der Waals surface area contributed by atoms with Crippen molar-refractivity contribution in [1.29, 1.82) is 0 Å². The molecule has 0 saturated heterocycles. The lowest BCUT2D eigenvalue weighted by Gasteiger charge is -2.37. The highest BCUT2D eigenvalue weighted by Crippen LogP contribution is 2.40. The fourth-order valence-corrected chi connectivity index (χ4v) is 4.49. The predicted octanol–water partition coefficient (Wildman–Crippen LogP) is 6.94. The average molecular weight is 398 g/mol. The monoisotopic (exact) mass is 397 g/mol. The average Bonchev–Trinajstić information content (AvgIpc) is 2.64. The van der Waals surface area contributed by atoms with Crippen LogP contribution < -0.4 is 0 Å². The molecule has 0 N–H and O–H groups in total. The van der Waals surface area contributed by atoms with E-state index in [1.54, 1.807) is 6.20 Å². The molecule has 0 radical (unpaired) electrons. The highest BCUT2D eigenvalue weighted by molar-refractivity contribution is 5.84. The number of fused-ring (bicyclic) bond motifs is 1. The van der Waals surface area contributed by atoms with Crippen molar-refractivity contribution >= 4 is 16.9 Å². The molecule has 4 atom stereocenters. The summed E-state index contributed by atoms with van der Waals surface area (Å²) in [7, 11) is 0. The van der Waals surface area contributed by atoms with Gasteiger partial charge in [0.15, 0.2) is 6.10 Å². The van der Waals surface area contributed by atoms with Gasteiger partial charge in [-0.15, -0.1) is 0 Å². The Kier molecular flexibility index (Phi) is 6.50. The molecule has 0 spiro atoms. The molecule has 4 nitrogen and oxygen atoms in total. The first kappa shape index (κ1) is 21.6. The van der Waals surface area contributed by atoms with Crippen LogP contribution in [0.25, 0.3) is 10.8 Å². The van der Waals surface area contributed by atoms with Gasteiger partial charge in [-0.1, -0.05) is 72.2 Å². The Bertz CT molecular complexity index is 834.